The maximum absolute atomic E-state index is 13.5. The smallest absolute Gasteiger partial charge is 0.239 e. The molecule has 0 aliphatic heterocycles. The fraction of sp³-hybridized carbons (Fsp3) is 0.111. The molecule has 140 valence electrons. The first-order valence-corrected chi connectivity index (χ1v) is 9.60. The third-order valence-electron chi connectivity index (χ3n) is 3.51. The predicted octanol–water partition coefficient (Wildman–Crippen LogP) is 3.17. The number of amides is 1. The van der Waals surface area contributed by atoms with E-state index in [1.54, 1.807) is 0 Å². The highest BCUT2D eigenvalue weighted by Crippen LogP contribution is 2.20. The minimum atomic E-state index is -3.86. The Bertz CT molecular complexity index is 1060. The number of benzene rings is 2. The van der Waals surface area contributed by atoms with E-state index in [1.807, 2.05) is 0 Å². The van der Waals surface area contributed by atoms with Crippen molar-refractivity contribution >= 4 is 21.4 Å². The Morgan fingerprint density at radius 1 is 1.07 bits per heavy atom. The first kappa shape index (κ1) is 18.7. The summed E-state index contributed by atoms with van der Waals surface area (Å²) in [6.07, 6.45) is 1.16. The summed E-state index contributed by atoms with van der Waals surface area (Å²) in [5, 5.41) is 2.22. The Labute approximate surface area is 153 Å². The van der Waals surface area contributed by atoms with E-state index in [-0.39, 0.29) is 17.3 Å². The predicted molar refractivity (Wildman–Crippen MR) is 94.4 cm³/mol. The third-order valence-corrected chi connectivity index (χ3v) is 4.95. The van der Waals surface area contributed by atoms with Crippen LogP contribution in [0.2, 0.25) is 0 Å². The summed E-state index contributed by atoms with van der Waals surface area (Å²) >= 11 is 0. The average molecular weight is 392 g/mol. The van der Waals surface area contributed by atoms with E-state index in [2.05, 4.69) is 10.3 Å². The molecule has 1 N–H and O–H groups in total. The third kappa shape index (κ3) is 4.98. The topological polar surface area (TPSA) is 89.3 Å². The van der Waals surface area contributed by atoms with Gasteiger partial charge in [0.15, 0.2) is 9.84 Å². The Balaban J connectivity index is 1.65. The molecular formula is C18H14F2N2O4S. The lowest BCUT2D eigenvalue weighted by atomic mass is 10.2. The molecule has 0 unspecified atom stereocenters. The SMILES string of the molecule is O=C(CS(=O)(=O)Cc1coc(-c2ccc(F)cc2)n1)Nc1ccccc1F. The minimum absolute atomic E-state index is 0.0993. The number of halogens is 2. The van der Waals surface area contributed by atoms with Crippen LogP contribution < -0.4 is 5.32 Å². The number of anilines is 1. The first-order valence-electron chi connectivity index (χ1n) is 7.77. The van der Waals surface area contributed by atoms with Crippen LogP contribution in [0.3, 0.4) is 0 Å². The largest absolute Gasteiger partial charge is 0.444 e. The van der Waals surface area contributed by atoms with E-state index in [0.29, 0.717) is 5.56 Å². The number of oxazole rings is 1. The van der Waals surface area contributed by atoms with Gasteiger partial charge in [-0.2, -0.15) is 0 Å². The van der Waals surface area contributed by atoms with Crippen LogP contribution in [0.4, 0.5) is 14.5 Å². The highest BCUT2D eigenvalue weighted by molar-refractivity contribution is 7.91. The molecule has 0 spiro atoms. The van der Waals surface area contributed by atoms with Crippen molar-refractivity contribution in [2.75, 3.05) is 11.1 Å². The van der Waals surface area contributed by atoms with Crippen molar-refractivity contribution in [1.82, 2.24) is 4.98 Å². The number of rotatable bonds is 6. The lowest BCUT2D eigenvalue weighted by Gasteiger charge is -2.06. The Hall–Kier alpha value is -3.07. The van der Waals surface area contributed by atoms with Crippen LogP contribution in [0.15, 0.2) is 59.2 Å². The molecule has 0 aliphatic rings. The lowest BCUT2D eigenvalue weighted by Crippen LogP contribution is -2.24. The van der Waals surface area contributed by atoms with Crippen LogP contribution in [-0.2, 0) is 20.4 Å². The van der Waals surface area contributed by atoms with Crippen molar-refractivity contribution in [2.45, 2.75) is 5.75 Å². The zero-order valence-corrected chi connectivity index (χ0v) is 14.7. The van der Waals surface area contributed by atoms with Gasteiger partial charge in [0.25, 0.3) is 0 Å². The van der Waals surface area contributed by atoms with Crippen LogP contribution >= 0.6 is 0 Å². The van der Waals surface area contributed by atoms with E-state index in [9.17, 15) is 22.0 Å². The minimum Gasteiger partial charge on any atom is -0.444 e. The van der Waals surface area contributed by atoms with Gasteiger partial charge in [0.2, 0.25) is 11.8 Å². The summed E-state index contributed by atoms with van der Waals surface area (Å²) in [5.41, 5.74) is 0.489. The zero-order valence-electron chi connectivity index (χ0n) is 13.9. The molecule has 0 saturated heterocycles. The van der Waals surface area contributed by atoms with Crippen LogP contribution in [-0.4, -0.2) is 25.1 Å². The fourth-order valence-corrected chi connectivity index (χ4v) is 3.48. The number of hydrogen-bond acceptors (Lipinski definition) is 5. The molecule has 1 aromatic heterocycles. The quantitative estimate of drug-likeness (QED) is 0.696. The molecule has 3 aromatic rings. The summed E-state index contributed by atoms with van der Waals surface area (Å²) in [5.74, 6) is -3.17. The number of carbonyl (C=O) groups is 1. The van der Waals surface area contributed by atoms with Gasteiger partial charge in [0.1, 0.15) is 23.7 Å². The molecule has 0 radical (unpaired) electrons. The molecule has 0 atom stereocenters. The molecule has 0 bridgehead atoms. The normalized spacial score (nSPS) is 11.3. The molecule has 0 aliphatic carbocycles. The number of sulfone groups is 1. The maximum Gasteiger partial charge on any atom is 0.239 e. The van der Waals surface area contributed by atoms with Gasteiger partial charge in [-0.3, -0.25) is 4.79 Å². The zero-order chi connectivity index (χ0) is 19.4. The van der Waals surface area contributed by atoms with Crippen molar-refractivity contribution in [1.29, 1.82) is 0 Å². The Kier molecular flexibility index (Phi) is 5.31. The van der Waals surface area contributed by atoms with Gasteiger partial charge in [-0.05, 0) is 36.4 Å². The van der Waals surface area contributed by atoms with Gasteiger partial charge in [-0.1, -0.05) is 12.1 Å². The summed E-state index contributed by atoms with van der Waals surface area (Å²) < 4.78 is 56.0. The van der Waals surface area contributed by atoms with E-state index < -0.39 is 38.9 Å². The molecular weight excluding hydrogens is 378 g/mol. The first-order chi connectivity index (χ1) is 12.8. The second-order valence-corrected chi connectivity index (χ2v) is 7.78. The van der Waals surface area contributed by atoms with Crippen LogP contribution in [0.5, 0.6) is 0 Å². The van der Waals surface area contributed by atoms with Gasteiger partial charge in [-0.15, -0.1) is 0 Å². The van der Waals surface area contributed by atoms with Crippen molar-refractivity contribution in [3.8, 4) is 11.5 Å². The summed E-state index contributed by atoms with van der Waals surface area (Å²) in [7, 11) is -3.86. The van der Waals surface area contributed by atoms with Gasteiger partial charge in [-0.25, -0.2) is 22.2 Å². The number of carbonyl (C=O) groups excluding carboxylic acids is 1. The molecule has 1 amide bonds. The van der Waals surface area contributed by atoms with Gasteiger partial charge >= 0.3 is 0 Å². The van der Waals surface area contributed by atoms with Crippen molar-refractivity contribution in [3.63, 3.8) is 0 Å². The molecule has 6 nitrogen and oxygen atoms in total. The Morgan fingerprint density at radius 2 is 1.78 bits per heavy atom. The fourth-order valence-electron chi connectivity index (χ4n) is 2.32. The second kappa shape index (κ2) is 7.67. The number of para-hydroxylation sites is 1. The second-order valence-electron chi connectivity index (χ2n) is 5.71. The van der Waals surface area contributed by atoms with Gasteiger partial charge in [0.05, 0.1) is 17.1 Å². The molecule has 2 aromatic carbocycles. The summed E-state index contributed by atoms with van der Waals surface area (Å²) in [4.78, 5) is 15.9. The average Bonchev–Trinajstić information content (AvgIpc) is 3.04. The molecule has 1 heterocycles. The van der Waals surface area contributed by atoms with Crippen LogP contribution in [0.1, 0.15) is 5.69 Å². The number of hydrogen-bond donors (Lipinski definition) is 1. The standard InChI is InChI=1S/C18H14F2N2O4S/c19-13-7-5-12(6-8-13)18-21-14(9-26-18)10-27(24,25)11-17(23)22-16-4-2-1-3-15(16)20/h1-9H,10-11H2,(H,22,23). The number of aromatic nitrogens is 1. The summed E-state index contributed by atoms with van der Waals surface area (Å²) in [6, 6.07) is 10.8. The van der Waals surface area contributed by atoms with E-state index in [1.165, 1.54) is 42.5 Å². The summed E-state index contributed by atoms with van der Waals surface area (Å²) in [6.45, 7) is 0. The van der Waals surface area contributed by atoms with E-state index in [4.69, 9.17) is 4.42 Å². The lowest BCUT2D eigenvalue weighted by molar-refractivity contribution is -0.113. The molecule has 0 fully saturated rings. The van der Waals surface area contributed by atoms with E-state index in [0.717, 1.165) is 12.3 Å². The van der Waals surface area contributed by atoms with Gasteiger partial charge in [0, 0.05) is 5.56 Å². The highest BCUT2D eigenvalue weighted by Gasteiger charge is 2.20. The molecule has 27 heavy (non-hydrogen) atoms. The van der Waals surface area contributed by atoms with Crippen molar-refractivity contribution in [3.05, 3.63) is 72.1 Å². The van der Waals surface area contributed by atoms with Crippen LogP contribution in [0, 0.1) is 11.6 Å². The van der Waals surface area contributed by atoms with Gasteiger partial charge < -0.3 is 9.73 Å². The van der Waals surface area contributed by atoms with Crippen molar-refractivity contribution < 1.29 is 26.4 Å². The van der Waals surface area contributed by atoms with Crippen molar-refractivity contribution in [2.24, 2.45) is 0 Å². The maximum atomic E-state index is 13.5. The molecule has 9 heteroatoms. The highest BCUT2D eigenvalue weighted by atomic mass is 32.2. The number of nitrogens with zero attached hydrogens (tertiary/aromatic N) is 1. The molecule has 0 saturated carbocycles. The number of nitrogens with one attached hydrogen (secondary N) is 1. The Morgan fingerprint density at radius 3 is 2.48 bits per heavy atom. The monoisotopic (exact) mass is 392 g/mol. The van der Waals surface area contributed by atoms with Crippen LogP contribution in [0.25, 0.3) is 11.5 Å². The molecule has 3 rings (SSSR count). The van der Waals surface area contributed by atoms with E-state index >= 15 is 0 Å².